The van der Waals surface area contributed by atoms with E-state index >= 15 is 0 Å². The average molecular weight is 1190 g/mol. The van der Waals surface area contributed by atoms with Gasteiger partial charge in [0.05, 0.1) is 0 Å². The molecule has 0 aliphatic carbocycles. The molecule has 70 heavy (non-hydrogen) atoms. The van der Waals surface area contributed by atoms with Crippen LogP contribution in [0.15, 0.2) is 0 Å². The summed E-state index contributed by atoms with van der Waals surface area (Å²) in [7, 11) is 0. The molecule has 0 saturated carbocycles. The van der Waals surface area contributed by atoms with Gasteiger partial charge in [-0.2, -0.15) is 0 Å². The quantitative estimate of drug-likeness (QED) is 0.0397. The summed E-state index contributed by atoms with van der Waals surface area (Å²) in [5.74, 6) is -4.59. The zero-order valence-corrected chi connectivity index (χ0v) is 50.0. The Morgan fingerprint density at radius 2 is 0.471 bits per heavy atom. The van der Waals surface area contributed by atoms with E-state index in [1.165, 1.54) is 135 Å². The molecular weight excluding hydrogens is 1080 g/mol. The molecule has 3 atom stereocenters. The number of nitrogens with one attached hydrogen (secondary N) is 3. The number of hydrogen-bond acceptors (Lipinski definition) is 9. The van der Waals surface area contributed by atoms with Crippen molar-refractivity contribution in [2.75, 3.05) is 0 Å². The van der Waals surface area contributed by atoms with Gasteiger partial charge in [0.2, 0.25) is 0 Å². The van der Waals surface area contributed by atoms with Crippen molar-refractivity contribution in [3.05, 3.63) is 0 Å². The predicted octanol–water partition coefficient (Wildman–Crippen LogP) is 14.1. The number of carbonyl (C=O) groups is 6. The van der Waals surface area contributed by atoms with Crippen LogP contribution in [0.4, 0.5) is 0 Å². The molecule has 0 rings (SSSR count). The van der Waals surface area contributed by atoms with Crippen LogP contribution in [0.1, 0.15) is 293 Å². The maximum absolute atomic E-state index is 13.9. The second-order valence-electron chi connectivity index (χ2n) is 21.2. The van der Waals surface area contributed by atoms with E-state index in [0.717, 1.165) is 57.8 Å². The van der Waals surface area contributed by atoms with Crippen LogP contribution in [-0.4, -0.2) is 76.8 Å². The van der Waals surface area contributed by atoms with Crippen molar-refractivity contribution in [2.45, 2.75) is 312 Å². The maximum atomic E-state index is 13.9. The first-order chi connectivity index (χ1) is 33.7. The summed E-state index contributed by atoms with van der Waals surface area (Å²) in [6.07, 6.45) is 38.9. The summed E-state index contributed by atoms with van der Waals surface area (Å²) < 4.78 is 17.5. The average Bonchev–Trinajstić information content (AvgIpc) is 3.31. The van der Waals surface area contributed by atoms with Gasteiger partial charge in [-0.05, 0) is 0 Å². The summed E-state index contributed by atoms with van der Waals surface area (Å²) in [6, 6.07) is -3.23. The number of unbranched alkanes of at least 4 members (excludes halogenated alkanes) is 30. The number of carbonyl (C=O) groups excluding carboxylic acids is 6. The standard InChI is InChI=1S/3C19H37NO3.Bi/c3*1-4-5-6-7-8-9-10-11-12-13-14-15-17(21)20-18(16(2)3)19(22)23;/h3*16,18H,4-15H2,1-3H3,(H,20,21)(H,22,23);/q;;;+3/p-3/t3*18-;/m000./s1. The molecule has 3 amide bonds. The van der Waals surface area contributed by atoms with Crippen molar-refractivity contribution >= 4 is 58.7 Å². The Morgan fingerprint density at radius 3 is 0.643 bits per heavy atom. The monoisotopic (exact) mass is 1190 g/mol. The first-order valence-corrected chi connectivity index (χ1v) is 33.3. The van der Waals surface area contributed by atoms with Gasteiger partial charge >= 0.3 is 324 Å². The molecule has 13 heteroatoms. The van der Waals surface area contributed by atoms with Crippen LogP contribution in [-0.2, 0) is 37.2 Å². The predicted molar refractivity (Wildman–Crippen MR) is 288 cm³/mol. The van der Waals surface area contributed by atoms with E-state index in [0.29, 0.717) is 19.3 Å². The first-order valence-electron chi connectivity index (χ1n) is 29.0. The van der Waals surface area contributed by atoms with Gasteiger partial charge in [0.25, 0.3) is 0 Å². The summed E-state index contributed by atoms with van der Waals surface area (Å²) in [5, 5.41) is 8.45. The van der Waals surface area contributed by atoms with Crippen LogP contribution < -0.4 is 16.0 Å². The molecule has 0 aliphatic rings. The second kappa shape index (κ2) is 46.5. The Morgan fingerprint density at radius 1 is 0.300 bits per heavy atom. The summed E-state index contributed by atoms with van der Waals surface area (Å²) in [5.41, 5.74) is 0. The molecule has 0 heterocycles. The number of amides is 3. The molecule has 0 aromatic heterocycles. The molecule has 0 unspecified atom stereocenters. The Labute approximate surface area is 438 Å². The molecule has 0 aromatic carbocycles. The van der Waals surface area contributed by atoms with Crippen molar-refractivity contribution in [2.24, 2.45) is 17.8 Å². The zero-order valence-electron chi connectivity index (χ0n) is 46.5. The number of rotatable bonds is 48. The Hall–Kier alpha value is -2.30. The van der Waals surface area contributed by atoms with Gasteiger partial charge in [0.1, 0.15) is 0 Å². The van der Waals surface area contributed by atoms with Gasteiger partial charge in [0, 0.05) is 0 Å². The molecule has 0 radical (unpaired) electrons. The molecule has 410 valence electrons. The van der Waals surface area contributed by atoms with Crippen molar-refractivity contribution in [3.8, 4) is 0 Å². The van der Waals surface area contributed by atoms with Crippen LogP contribution >= 0.6 is 0 Å². The third kappa shape index (κ3) is 38.3. The fourth-order valence-electron chi connectivity index (χ4n) is 8.53. The van der Waals surface area contributed by atoms with Crippen LogP contribution in [0.3, 0.4) is 0 Å². The van der Waals surface area contributed by atoms with E-state index in [1.807, 2.05) is 0 Å². The molecular formula is C57H108BiN3O9. The fourth-order valence-corrected chi connectivity index (χ4v) is 12.0. The van der Waals surface area contributed by atoms with Crippen molar-refractivity contribution in [3.63, 3.8) is 0 Å². The molecule has 0 fully saturated rings. The fraction of sp³-hybridized carbons (Fsp3) is 0.895. The van der Waals surface area contributed by atoms with E-state index in [4.69, 9.17) is 8.44 Å². The number of hydrogen-bond donors (Lipinski definition) is 3. The molecule has 3 N–H and O–H groups in total. The van der Waals surface area contributed by atoms with Crippen molar-refractivity contribution in [1.82, 2.24) is 16.0 Å². The van der Waals surface area contributed by atoms with E-state index in [2.05, 4.69) is 36.7 Å². The van der Waals surface area contributed by atoms with Crippen molar-refractivity contribution < 1.29 is 37.2 Å². The van der Waals surface area contributed by atoms with Gasteiger partial charge < -0.3 is 0 Å². The van der Waals surface area contributed by atoms with E-state index in [9.17, 15) is 28.8 Å². The summed E-state index contributed by atoms with van der Waals surface area (Å²) >= 11 is -4.85. The SMILES string of the molecule is CCCCCCCCCCCCCC(=O)N[C@H](C(=O)[O][Bi]([O]C(=O)[C@@H](NC(=O)CCCCCCCCCCCCC)C(C)C)[O]C(=O)[C@@H](NC(=O)CCCCCCCCCCCCC)C(C)C)C(C)C. The Balaban J connectivity index is 5.65. The van der Waals surface area contributed by atoms with E-state index in [1.54, 1.807) is 41.5 Å². The Bertz CT molecular complexity index is 1190. The normalized spacial score (nSPS) is 12.8. The minimum absolute atomic E-state index is 0.258. The van der Waals surface area contributed by atoms with Crippen LogP contribution in [0.5, 0.6) is 0 Å². The van der Waals surface area contributed by atoms with Gasteiger partial charge in [0.15, 0.2) is 0 Å². The van der Waals surface area contributed by atoms with Crippen molar-refractivity contribution in [1.29, 1.82) is 0 Å². The van der Waals surface area contributed by atoms with Gasteiger partial charge in [-0.15, -0.1) is 0 Å². The van der Waals surface area contributed by atoms with E-state index in [-0.39, 0.29) is 54.7 Å². The zero-order chi connectivity index (χ0) is 52.2. The van der Waals surface area contributed by atoms with Gasteiger partial charge in [-0.1, -0.05) is 117 Å². The topological polar surface area (TPSA) is 166 Å². The molecule has 0 aromatic rings. The third-order valence-corrected chi connectivity index (χ3v) is 17.1. The third-order valence-electron chi connectivity index (χ3n) is 13.2. The summed E-state index contributed by atoms with van der Waals surface area (Å²) in [6.45, 7) is 17.3. The molecule has 0 saturated heterocycles. The molecule has 12 nitrogen and oxygen atoms in total. The molecule has 0 aliphatic heterocycles. The molecule has 0 bridgehead atoms. The van der Waals surface area contributed by atoms with Crippen LogP contribution in [0, 0.1) is 17.8 Å². The van der Waals surface area contributed by atoms with E-state index < -0.39 is 59.1 Å². The van der Waals surface area contributed by atoms with Crippen LogP contribution in [0.2, 0.25) is 0 Å². The van der Waals surface area contributed by atoms with Crippen LogP contribution in [0.25, 0.3) is 0 Å². The second-order valence-corrected chi connectivity index (χ2v) is 25.0. The minimum atomic E-state index is -4.85. The molecule has 0 spiro atoms. The Kier molecular flexibility index (Phi) is 45.0. The van der Waals surface area contributed by atoms with Gasteiger partial charge in [-0.3, -0.25) is 0 Å². The van der Waals surface area contributed by atoms with Gasteiger partial charge in [-0.25, -0.2) is 0 Å². The first kappa shape index (κ1) is 67.7. The summed E-state index contributed by atoms with van der Waals surface area (Å²) in [4.78, 5) is 81.0.